The molecule has 1 amide bonds. The van der Waals surface area contributed by atoms with Gasteiger partial charge in [0.05, 0.1) is 19.8 Å². The quantitative estimate of drug-likeness (QED) is 0.730. The van der Waals surface area contributed by atoms with Gasteiger partial charge in [-0.3, -0.25) is 0 Å². The molecule has 0 N–H and O–H groups in total. The van der Waals surface area contributed by atoms with Crippen molar-refractivity contribution in [1.29, 1.82) is 0 Å². The summed E-state index contributed by atoms with van der Waals surface area (Å²) < 4.78 is 10.6. The maximum absolute atomic E-state index is 11.8. The molecule has 0 radical (unpaired) electrons. The minimum Gasteiger partial charge on any atom is -0.449 e. The Morgan fingerprint density at radius 2 is 2.16 bits per heavy atom. The van der Waals surface area contributed by atoms with Crippen LogP contribution in [-0.2, 0) is 9.47 Å². The highest BCUT2D eigenvalue weighted by Crippen LogP contribution is 2.17. The van der Waals surface area contributed by atoms with Crippen LogP contribution in [0.3, 0.4) is 0 Å². The van der Waals surface area contributed by atoms with Crippen molar-refractivity contribution in [2.75, 3.05) is 46.0 Å². The van der Waals surface area contributed by atoms with Crippen LogP contribution in [0.15, 0.2) is 11.8 Å². The molecule has 0 spiro atoms. The summed E-state index contributed by atoms with van der Waals surface area (Å²) in [5.74, 6) is 0. The third kappa shape index (κ3) is 4.13. The van der Waals surface area contributed by atoms with E-state index in [-0.39, 0.29) is 6.09 Å². The monoisotopic (exact) mass is 268 g/mol. The summed E-state index contributed by atoms with van der Waals surface area (Å²) in [7, 11) is 0. The first-order chi connectivity index (χ1) is 9.31. The van der Waals surface area contributed by atoms with Gasteiger partial charge in [-0.2, -0.15) is 0 Å². The lowest BCUT2D eigenvalue weighted by molar-refractivity contribution is 0.0490. The van der Waals surface area contributed by atoms with Crippen LogP contribution in [0.2, 0.25) is 0 Å². The van der Waals surface area contributed by atoms with E-state index in [1.54, 1.807) is 4.90 Å². The Bertz CT molecular complexity index is 325. The van der Waals surface area contributed by atoms with E-state index >= 15 is 0 Å². The molecular weight excluding hydrogens is 244 g/mol. The lowest BCUT2D eigenvalue weighted by atomic mass is 10.1. The minimum atomic E-state index is -0.175. The fourth-order valence-electron chi connectivity index (χ4n) is 2.36. The third-order valence-corrected chi connectivity index (χ3v) is 3.58. The van der Waals surface area contributed by atoms with Gasteiger partial charge in [0.15, 0.2) is 0 Å². The molecule has 0 atom stereocenters. The van der Waals surface area contributed by atoms with Crippen molar-refractivity contribution < 1.29 is 14.3 Å². The molecule has 0 aliphatic carbocycles. The first-order valence-electron chi connectivity index (χ1n) is 7.24. The Labute approximate surface area is 115 Å². The summed E-state index contributed by atoms with van der Waals surface area (Å²) in [6.45, 7) is 7.59. The molecule has 1 fully saturated rings. The fraction of sp³-hybridized carbons (Fsp3) is 0.786. The van der Waals surface area contributed by atoms with Crippen LogP contribution < -0.4 is 0 Å². The summed E-state index contributed by atoms with van der Waals surface area (Å²) in [5.41, 5.74) is 1.35. The van der Waals surface area contributed by atoms with E-state index in [1.807, 2.05) is 0 Å². The van der Waals surface area contributed by atoms with Crippen LogP contribution in [0.1, 0.15) is 26.2 Å². The summed E-state index contributed by atoms with van der Waals surface area (Å²) in [5, 5.41) is 0. The van der Waals surface area contributed by atoms with Gasteiger partial charge in [0.1, 0.15) is 0 Å². The normalized spacial score (nSPS) is 20.2. The fourth-order valence-corrected chi connectivity index (χ4v) is 2.36. The number of unbranched alkanes of at least 4 members (excludes halogenated alkanes) is 1. The Kier molecular flexibility index (Phi) is 5.51. The predicted octanol–water partition coefficient (Wildman–Crippen LogP) is 1.84. The number of nitrogens with zero attached hydrogens (tertiary/aromatic N) is 2. The number of carbonyl (C=O) groups excluding carboxylic acids is 1. The third-order valence-electron chi connectivity index (χ3n) is 3.58. The van der Waals surface area contributed by atoms with Crippen LogP contribution >= 0.6 is 0 Å². The van der Waals surface area contributed by atoms with Crippen molar-refractivity contribution in [3.8, 4) is 0 Å². The Hall–Kier alpha value is -1.23. The van der Waals surface area contributed by atoms with Gasteiger partial charge < -0.3 is 19.3 Å². The molecule has 0 saturated carbocycles. The topological polar surface area (TPSA) is 42.0 Å². The number of carbonyl (C=O) groups is 1. The minimum absolute atomic E-state index is 0.175. The van der Waals surface area contributed by atoms with E-state index in [9.17, 15) is 4.79 Å². The van der Waals surface area contributed by atoms with Gasteiger partial charge >= 0.3 is 6.09 Å². The van der Waals surface area contributed by atoms with Gasteiger partial charge in [-0.15, -0.1) is 0 Å². The van der Waals surface area contributed by atoms with Crippen LogP contribution in [0.5, 0.6) is 0 Å². The van der Waals surface area contributed by atoms with Gasteiger partial charge in [0, 0.05) is 38.3 Å². The van der Waals surface area contributed by atoms with Gasteiger partial charge in [0.25, 0.3) is 0 Å². The smallest absolute Gasteiger partial charge is 0.410 e. The van der Waals surface area contributed by atoms with Crippen molar-refractivity contribution in [2.45, 2.75) is 26.2 Å². The Morgan fingerprint density at radius 1 is 1.37 bits per heavy atom. The second-order valence-electron chi connectivity index (χ2n) is 4.96. The standard InChI is InChI=1S/C14H24N2O3/c1-2-3-10-19-14(17)16-6-4-13(5-7-16)15-8-11-18-12-9-15/h4H,2-3,5-12H2,1H3. The van der Waals surface area contributed by atoms with Crippen molar-refractivity contribution in [3.63, 3.8) is 0 Å². The molecule has 1 saturated heterocycles. The van der Waals surface area contributed by atoms with Crippen LogP contribution in [0.4, 0.5) is 4.79 Å². The van der Waals surface area contributed by atoms with Crippen molar-refractivity contribution in [3.05, 3.63) is 11.8 Å². The summed E-state index contributed by atoms with van der Waals surface area (Å²) >= 11 is 0. The zero-order valence-corrected chi connectivity index (χ0v) is 11.8. The molecule has 2 rings (SSSR count). The largest absolute Gasteiger partial charge is 0.449 e. The highest BCUT2D eigenvalue weighted by molar-refractivity contribution is 5.68. The van der Waals surface area contributed by atoms with Gasteiger partial charge in [-0.25, -0.2) is 4.79 Å². The molecule has 19 heavy (non-hydrogen) atoms. The number of hydrogen-bond acceptors (Lipinski definition) is 4. The average Bonchev–Trinajstić information content (AvgIpc) is 2.48. The number of hydrogen-bond donors (Lipinski definition) is 0. The Morgan fingerprint density at radius 3 is 2.79 bits per heavy atom. The molecule has 5 nitrogen and oxygen atoms in total. The van der Waals surface area contributed by atoms with Crippen molar-refractivity contribution >= 4 is 6.09 Å². The van der Waals surface area contributed by atoms with Gasteiger partial charge in [-0.05, 0) is 12.5 Å². The highest BCUT2D eigenvalue weighted by atomic mass is 16.6. The van der Waals surface area contributed by atoms with Crippen molar-refractivity contribution in [2.24, 2.45) is 0 Å². The number of amides is 1. The molecule has 0 unspecified atom stereocenters. The molecule has 2 heterocycles. The van der Waals surface area contributed by atoms with E-state index in [0.717, 1.165) is 52.1 Å². The molecule has 108 valence electrons. The zero-order valence-electron chi connectivity index (χ0n) is 11.8. The molecule has 0 aromatic carbocycles. The van der Waals surface area contributed by atoms with Crippen LogP contribution in [0.25, 0.3) is 0 Å². The Balaban J connectivity index is 1.76. The first-order valence-corrected chi connectivity index (χ1v) is 7.24. The molecule has 0 aromatic rings. The van der Waals surface area contributed by atoms with E-state index in [2.05, 4.69) is 17.9 Å². The average molecular weight is 268 g/mol. The van der Waals surface area contributed by atoms with E-state index < -0.39 is 0 Å². The first kappa shape index (κ1) is 14.2. The molecule has 2 aliphatic heterocycles. The molecule has 0 bridgehead atoms. The highest BCUT2D eigenvalue weighted by Gasteiger charge is 2.21. The van der Waals surface area contributed by atoms with Crippen LogP contribution in [0, 0.1) is 0 Å². The summed E-state index contributed by atoms with van der Waals surface area (Å²) in [6, 6.07) is 0. The maximum atomic E-state index is 11.8. The lowest BCUT2D eigenvalue weighted by Gasteiger charge is -2.35. The second kappa shape index (κ2) is 7.38. The van der Waals surface area contributed by atoms with E-state index in [1.165, 1.54) is 5.70 Å². The summed E-state index contributed by atoms with van der Waals surface area (Å²) in [6.07, 6.45) is 4.88. The number of morpholine rings is 1. The maximum Gasteiger partial charge on any atom is 0.410 e. The van der Waals surface area contributed by atoms with Gasteiger partial charge in [-0.1, -0.05) is 13.3 Å². The molecule has 2 aliphatic rings. The predicted molar refractivity (Wildman–Crippen MR) is 72.9 cm³/mol. The van der Waals surface area contributed by atoms with Gasteiger partial charge in [0.2, 0.25) is 0 Å². The second-order valence-corrected chi connectivity index (χ2v) is 4.96. The van der Waals surface area contributed by atoms with Crippen LogP contribution in [-0.4, -0.2) is 61.9 Å². The lowest BCUT2D eigenvalue weighted by Crippen LogP contribution is -2.41. The summed E-state index contributed by atoms with van der Waals surface area (Å²) in [4.78, 5) is 15.9. The molecular formula is C14H24N2O3. The molecule has 5 heteroatoms. The number of rotatable bonds is 4. The SMILES string of the molecule is CCCCOC(=O)N1CC=C(N2CCOCC2)CC1. The number of ether oxygens (including phenoxy) is 2. The molecule has 0 aromatic heterocycles. The van der Waals surface area contributed by atoms with E-state index in [0.29, 0.717) is 13.2 Å². The van der Waals surface area contributed by atoms with Crippen molar-refractivity contribution in [1.82, 2.24) is 9.80 Å². The zero-order chi connectivity index (χ0) is 13.5. The van der Waals surface area contributed by atoms with E-state index in [4.69, 9.17) is 9.47 Å².